The maximum atomic E-state index is 11.1. The Labute approximate surface area is 105 Å². The molecule has 0 unspecified atom stereocenters. The van der Waals surface area contributed by atoms with Crippen LogP contribution in [0.1, 0.15) is 16.8 Å². The van der Waals surface area contributed by atoms with Crippen molar-refractivity contribution in [1.82, 2.24) is 10.3 Å². The Morgan fingerprint density at radius 3 is 2.78 bits per heavy atom. The van der Waals surface area contributed by atoms with E-state index in [0.29, 0.717) is 12.4 Å². The molecule has 7 heteroatoms. The first-order valence-corrected chi connectivity index (χ1v) is 5.36. The lowest BCUT2D eigenvalue weighted by atomic mass is 10.2. The van der Waals surface area contributed by atoms with Crippen molar-refractivity contribution >= 4 is 23.4 Å². The van der Waals surface area contributed by atoms with E-state index in [0.717, 1.165) is 0 Å². The van der Waals surface area contributed by atoms with E-state index in [-0.39, 0.29) is 23.6 Å². The SMILES string of the molecule is CNC(=O)CCN(C)c1nccc(C(=O)O)c1N. The number of anilines is 2. The average molecular weight is 252 g/mol. The number of pyridine rings is 1. The third kappa shape index (κ3) is 3.09. The second-order valence-corrected chi connectivity index (χ2v) is 3.75. The number of nitrogens with one attached hydrogen (secondary N) is 1. The summed E-state index contributed by atoms with van der Waals surface area (Å²) in [7, 11) is 3.26. The van der Waals surface area contributed by atoms with Gasteiger partial charge in [0, 0.05) is 33.3 Å². The van der Waals surface area contributed by atoms with Crippen molar-refractivity contribution in [1.29, 1.82) is 0 Å². The molecule has 0 fully saturated rings. The molecule has 0 saturated carbocycles. The van der Waals surface area contributed by atoms with Crippen LogP contribution in [0.3, 0.4) is 0 Å². The minimum atomic E-state index is -1.10. The van der Waals surface area contributed by atoms with Gasteiger partial charge >= 0.3 is 5.97 Å². The Bertz CT molecular complexity index is 462. The molecule has 7 nitrogen and oxygen atoms in total. The molecule has 1 aromatic heterocycles. The van der Waals surface area contributed by atoms with Crippen LogP contribution in [0.15, 0.2) is 12.3 Å². The Morgan fingerprint density at radius 2 is 2.22 bits per heavy atom. The summed E-state index contributed by atoms with van der Waals surface area (Å²) in [5.41, 5.74) is 5.85. The minimum absolute atomic E-state index is 0.00629. The van der Waals surface area contributed by atoms with Gasteiger partial charge in [0.1, 0.15) is 0 Å². The molecule has 1 rings (SSSR count). The van der Waals surface area contributed by atoms with E-state index < -0.39 is 5.97 Å². The zero-order valence-electron chi connectivity index (χ0n) is 10.3. The van der Waals surface area contributed by atoms with Crippen molar-refractivity contribution in [2.75, 3.05) is 31.3 Å². The van der Waals surface area contributed by atoms with Gasteiger partial charge < -0.3 is 21.1 Å². The molecule has 18 heavy (non-hydrogen) atoms. The molecule has 0 spiro atoms. The second kappa shape index (κ2) is 5.85. The molecular formula is C11H16N4O3. The molecule has 0 aromatic carbocycles. The monoisotopic (exact) mass is 252 g/mol. The van der Waals surface area contributed by atoms with Crippen molar-refractivity contribution in [3.05, 3.63) is 17.8 Å². The van der Waals surface area contributed by atoms with Gasteiger partial charge in [0.05, 0.1) is 11.3 Å². The zero-order chi connectivity index (χ0) is 13.7. The summed E-state index contributed by atoms with van der Waals surface area (Å²) >= 11 is 0. The Balaban J connectivity index is 2.86. The fourth-order valence-electron chi connectivity index (χ4n) is 1.45. The van der Waals surface area contributed by atoms with Crippen LogP contribution in [-0.2, 0) is 4.79 Å². The van der Waals surface area contributed by atoms with Crippen molar-refractivity contribution in [3.8, 4) is 0 Å². The number of aromatic nitrogens is 1. The van der Waals surface area contributed by atoms with Crippen molar-refractivity contribution in [3.63, 3.8) is 0 Å². The van der Waals surface area contributed by atoms with Crippen LogP contribution in [0.4, 0.5) is 11.5 Å². The van der Waals surface area contributed by atoms with Crippen LogP contribution < -0.4 is 16.0 Å². The van der Waals surface area contributed by atoms with Gasteiger partial charge in [-0.25, -0.2) is 9.78 Å². The fourth-order valence-corrected chi connectivity index (χ4v) is 1.45. The number of carboxylic acids is 1. The number of carbonyl (C=O) groups excluding carboxylic acids is 1. The average Bonchev–Trinajstić information content (AvgIpc) is 2.35. The van der Waals surface area contributed by atoms with Gasteiger partial charge in [-0.05, 0) is 6.07 Å². The van der Waals surface area contributed by atoms with E-state index in [4.69, 9.17) is 10.8 Å². The highest BCUT2D eigenvalue weighted by Crippen LogP contribution is 2.22. The Morgan fingerprint density at radius 1 is 1.56 bits per heavy atom. The normalized spacial score (nSPS) is 9.89. The van der Waals surface area contributed by atoms with Gasteiger partial charge in [-0.15, -0.1) is 0 Å². The largest absolute Gasteiger partial charge is 0.478 e. The number of nitrogens with two attached hydrogens (primary N) is 1. The number of carbonyl (C=O) groups is 2. The van der Waals surface area contributed by atoms with Crippen LogP contribution in [0, 0.1) is 0 Å². The van der Waals surface area contributed by atoms with Gasteiger partial charge in [0.2, 0.25) is 5.91 Å². The Kier molecular flexibility index (Phi) is 4.47. The van der Waals surface area contributed by atoms with E-state index in [1.165, 1.54) is 12.3 Å². The number of rotatable bonds is 5. The van der Waals surface area contributed by atoms with Crippen LogP contribution in [0.25, 0.3) is 0 Å². The first-order chi connectivity index (χ1) is 8.47. The molecular weight excluding hydrogens is 236 g/mol. The highest BCUT2D eigenvalue weighted by molar-refractivity contribution is 5.96. The summed E-state index contributed by atoms with van der Waals surface area (Å²) in [5.74, 6) is -0.843. The molecule has 1 amide bonds. The lowest BCUT2D eigenvalue weighted by molar-refractivity contribution is -0.120. The molecule has 1 aromatic rings. The van der Waals surface area contributed by atoms with Gasteiger partial charge in [-0.1, -0.05) is 0 Å². The summed E-state index contributed by atoms with van der Waals surface area (Å²) in [5, 5.41) is 11.4. The molecule has 0 aliphatic heterocycles. The first-order valence-electron chi connectivity index (χ1n) is 5.36. The molecule has 0 aliphatic rings. The van der Waals surface area contributed by atoms with Crippen molar-refractivity contribution < 1.29 is 14.7 Å². The van der Waals surface area contributed by atoms with E-state index in [2.05, 4.69) is 10.3 Å². The van der Waals surface area contributed by atoms with Crippen LogP contribution in [0.5, 0.6) is 0 Å². The van der Waals surface area contributed by atoms with Gasteiger partial charge in [-0.3, -0.25) is 4.79 Å². The predicted octanol–water partition coefficient (Wildman–Crippen LogP) is -0.0657. The smallest absolute Gasteiger partial charge is 0.337 e. The quantitative estimate of drug-likeness (QED) is 0.677. The molecule has 0 bridgehead atoms. The van der Waals surface area contributed by atoms with Crippen LogP contribution in [0.2, 0.25) is 0 Å². The molecule has 4 N–H and O–H groups in total. The third-order valence-corrected chi connectivity index (χ3v) is 2.51. The second-order valence-electron chi connectivity index (χ2n) is 3.75. The molecule has 0 saturated heterocycles. The molecule has 0 radical (unpaired) electrons. The van der Waals surface area contributed by atoms with Crippen LogP contribution in [-0.4, -0.2) is 42.6 Å². The number of nitrogens with zero attached hydrogens (tertiary/aromatic N) is 2. The standard InChI is InChI=1S/C11H16N4O3/c1-13-8(16)4-6-15(2)10-9(12)7(11(17)18)3-5-14-10/h3,5H,4,6,12H2,1-2H3,(H,13,16)(H,17,18). The van der Waals surface area contributed by atoms with E-state index >= 15 is 0 Å². The summed E-state index contributed by atoms with van der Waals surface area (Å²) in [6.45, 7) is 0.403. The maximum absolute atomic E-state index is 11.1. The Hall–Kier alpha value is -2.31. The summed E-state index contributed by atoms with van der Waals surface area (Å²) < 4.78 is 0. The topological polar surface area (TPSA) is 109 Å². The van der Waals surface area contributed by atoms with E-state index in [1.54, 1.807) is 19.0 Å². The maximum Gasteiger partial charge on any atom is 0.337 e. The summed E-state index contributed by atoms with van der Waals surface area (Å²) in [6.07, 6.45) is 1.66. The van der Waals surface area contributed by atoms with Gasteiger partial charge in [-0.2, -0.15) is 0 Å². The summed E-state index contributed by atoms with van der Waals surface area (Å²) in [4.78, 5) is 27.7. The van der Waals surface area contributed by atoms with E-state index in [1.807, 2.05) is 0 Å². The first kappa shape index (κ1) is 13.8. The van der Waals surface area contributed by atoms with Crippen molar-refractivity contribution in [2.24, 2.45) is 0 Å². The summed E-state index contributed by atoms with van der Waals surface area (Å²) in [6, 6.07) is 1.34. The number of hydrogen-bond acceptors (Lipinski definition) is 5. The number of nitrogen functional groups attached to an aromatic ring is 1. The molecule has 0 aliphatic carbocycles. The predicted molar refractivity (Wildman–Crippen MR) is 67.6 cm³/mol. The number of hydrogen-bond donors (Lipinski definition) is 3. The van der Waals surface area contributed by atoms with Crippen LogP contribution >= 0.6 is 0 Å². The van der Waals surface area contributed by atoms with Crippen molar-refractivity contribution in [2.45, 2.75) is 6.42 Å². The highest BCUT2D eigenvalue weighted by Gasteiger charge is 2.15. The lowest BCUT2D eigenvalue weighted by Crippen LogP contribution is -2.27. The number of carboxylic acid groups (broad SMARTS) is 1. The fraction of sp³-hybridized carbons (Fsp3) is 0.364. The minimum Gasteiger partial charge on any atom is -0.478 e. The molecule has 1 heterocycles. The number of amides is 1. The zero-order valence-corrected chi connectivity index (χ0v) is 10.3. The van der Waals surface area contributed by atoms with Gasteiger partial charge in [0.15, 0.2) is 5.82 Å². The number of aromatic carboxylic acids is 1. The molecule has 0 atom stereocenters. The lowest BCUT2D eigenvalue weighted by Gasteiger charge is -2.19. The van der Waals surface area contributed by atoms with E-state index in [9.17, 15) is 9.59 Å². The van der Waals surface area contributed by atoms with Gasteiger partial charge in [0.25, 0.3) is 0 Å². The highest BCUT2D eigenvalue weighted by atomic mass is 16.4. The molecule has 98 valence electrons. The third-order valence-electron chi connectivity index (χ3n) is 2.51.